The Balaban J connectivity index is 2.02. The molecule has 1 heterocycles. The third-order valence-corrected chi connectivity index (χ3v) is 5.42. The lowest BCUT2D eigenvalue weighted by Gasteiger charge is -2.24. The highest BCUT2D eigenvalue weighted by Crippen LogP contribution is 2.40. The van der Waals surface area contributed by atoms with Crippen molar-refractivity contribution >= 4 is 21.8 Å². The Morgan fingerprint density at radius 1 is 0.724 bits per heavy atom. The Bertz CT molecular complexity index is 1560. The van der Waals surface area contributed by atoms with E-state index in [1.807, 2.05) is 42.5 Å². The fourth-order valence-corrected chi connectivity index (χ4v) is 4.16. The van der Waals surface area contributed by atoms with Gasteiger partial charge in [0, 0.05) is 22.0 Å². The Morgan fingerprint density at radius 3 is 2.21 bits per heavy atom. The first kappa shape index (κ1) is 13.0. The van der Waals surface area contributed by atoms with Crippen molar-refractivity contribution in [1.82, 2.24) is 4.57 Å². The molecule has 0 amide bonds. The van der Waals surface area contributed by atoms with Crippen LogP contribution in [0.5, 0.6) is 0 Å². The van der Waals surface area contributed by atoms with E-state index < -0.39 is 0 Å². The molecule has 1 nitrogen and oxygen atoms in total. The smallest absolute Gasteiger partial charge is 0.0629 e. The van der Waals surface area contributed by atoms with Crippen LogP contribution in [0.2, 0.25) is 0 Å². The molecule has 0 saturated heterocycles. The molecule has 0 unspecified atom stereocenters. The summed E-state index contributed by atoms with van der Waals surface area (Å²) >= 11 is 0. The van der Waals surface area contributed by atoms with E-state index in [1.54, 1.807) is 0 Å². The van der Waals surface area contributed by atoms with Crippen LogP contribution < -0.4 is 0 Å². The number of fused-ring (bicyclic) bond motifs is 3. The number of aromatic nitrogens is 1. The summed E-state index contributed by atoms with van der Waals surface area (Å²) in [6, 6.07) is 20.8. The average Bonchev–Trinajstić information content (AvgIpc) is 3.16. The molecule has 0 aliphatic carbocycles. The van der Waals surface area contributed by atoms with Gasteiger partial charge >= 0.3 is 0 Å². The fourth-order valence-electron chi connectivity index (χ4n) is 4.16. The lowest BCUT2D eigenvalue weighted by atomic mass is 9.85. The molecule has 0 N–H and O–H groups in total. The zero-order valence-corrected chi connectivity index (χ0v) is 16.8. The van der Waals surface area contributed by atoms with Crippen LogP contribution in [0, 0.1) is 0 Å². The monoisotopic (exact) mass is 380 g/mol. The molecule has 0 bridgehead atoms. The summed E-state index contributed by atoms with van der Waals surface area (Å²) in [5.74, 6) is 0. The van der Waals surface area contributed by atoms with Crippen molar-refractivity contribution in [2.75, 3.05) is 0 Å². The van der Waals surface area contributed by atoms with Gasteiger partial charge in [-0.15, -0.1) is 0 Å². The van der Waals surface area contributed by atoms with E-state index in [0.29, 0.717) is 5.56 Å². The SMILES string of the molecule is [2H]c1c([2H])c([2H])c(-c2cccc3c4ccccc4n(-c4ccccc4C(C)(C)C)c23)c([2H])c1[2H]. The molecule has 0 saturated carbocycles. The number of hydrogen-bond acceptors (Lipinski definition) is 0. The molecular formula is C28H25N. The van der Waals surface area contributed by atoms with Crippen LogP contribution in [0.4, 0.5) is 0 Å². The lowest BCUT2D eigenvalue weighted by Crippen LogP contribution is -2.15. The second-order valence-electron chi connectivity index (χ2n) is 8.32. The maximum atomic E-state index is 8.62. The highest BCUT2D eigenvalue weighted by atomic mass is 15.0. The molecular weight excluding hydrogens is 350 g/mol. The third-order valence-electron chi connectivity index (χ3n) is 5.42. The van der Waals surface area contributed by atoms with Gasteiger partial charge in [0.15, 0.2) is 0 Å². The first-order valence-electron chi connectivity index (χ1n) is 12.3. The molecule has 29 heavy (non-hydrogen) atoms. The van der Waals surface area contributed by atoms with Gasteiger partial charge in [-0.05, 0) is 28.7 Å². The summed E-state index contributed by atoms with van der Waals surface area (Å²) in [4.78, 5) is 0. The van der Waals surface area contributed by atoms with Crippen molar-refractivity contribution in [3.63, 3.8) is 0 Å². The molecule has 0 fully saturated rings. The van der Waals surface area contributed by atoms with Gasteiger partial charge < -0.3 is 4.57 Å². The van der Waals surface area contributed by atoms with Crippen LogP contribution in [0.15, 0.2) is 96.9 Å². The van der Waals surface area contributed by atoms with Crippen LogP contribution in [0.3, 0.4) is 0 Å². The predicted octanol–water partition coefficient (Wildman–Crippen LogP) is 7.75. The van der Waals surface area contributed by atoms with Crippen molar-refractivity contribution in [2.45, 2.75) is 26.2 Å². The summed E-state index contributed by atoms with van der Waals surface area (Å²) in [7, 11) is 0. The molecule has 0 aliphatic heterocycles. The maximum Gasteiger partial charge on any atom is 0.0629 e. The third kappa shape index (κ3) is 2.86. The highest BCUT2D eigenvalue weighted by Gasteiger charge is 2.22. The second-order valence-corrected chi connectivity index (χ2v) is 8.32. The van der Waals surface area contributed by atoms with E-state index in [0.717, 1.165) is 33.1 Å². The molecule has 1 heteroatoms. The van der Waals surface area contributed by atoms with Crippen molar-refractivity contribution in [1.29, 1.82) is 0 Å². The molecule has 0 atom stereocenters. The van der Waals surface area contributed by atoms with E-state index in [9.17, 15) is 0 Å². The number of para-hydroxylation sites is 3. The minimum atomic E-state index is -0.385. The van der Waals surface area contributed by atoms with Gasteiger partial charge in [-0.25, -0.2) is 0 Å². The van der Waals surface area contributed by atoms with Crippen LogP contribution in [0.25, 0.3) is 38.6 Å². The van der Waals surface area contributed by atoms with E-state index >= 15 is 0 Å². The summed E-state index contributed by atoms with van der Waals surface area (Å²) < 4.78 is 43.9. The topological polar surface area (TPSA) is 4.93 Å². The molecule has 1 aromatic heterocycles. The number of hydrogen-bond donors (Lipinski definition) is 0. The second kappa shape index (κ2) is 6.63. The lowest BCUT2D eigenvalue weighted by molar-refractivity contribution is 0.587. The summed E-state index contributed by atoms with van der Waals surface area (Å²) in [5, 5.41) is 2.03. The quantitative estimate of drug-likeness (QED) is 0.295. The number of nitrogens with zero attached hydrogens (tertiary/aromatic N) is 1. The van der Waals surface area contributed by atoms with Crippen molar-refractivity contribution < 1.29 is 6.85 Å². The van der Waals surface area contributed by atoms with E-state index in [4.69, 9.17) is 6.85 Å². The minimum absolute atomic E-state index is 0.125. The Labute approximate surface area is 179 Å². The van der Waals surface area contributed by atoms with Gasteiger partial charge in [-0.2, -0.15) is 0 Å². The predicted molar refractivity (Wildman–Crippen MR) is 125 cm³/mol. The molecule has 0 aliphatic rings. The molecule has 142 valence electrons. The minimum Gasteiger partial charge on any atom is -0.308 e. The summed E-state index contributed by atoms with van der Waals surface area (Å²) in [5.41, 5.74) is 4.73. The van der Waals surface area contributed by atoms with Gasteiger partial charge in [0.25, 0.3) is 0 Å². The summed E-state index contributed by atoms with van der Waals surface area (Å²) in [6.07, 6.45) is 0. The van der Waals surface area contributed by atoms with Crippen molar-refractivity contribution in [3.8, 4) is 16.8 Å². The summed E-state index contributed by atoms with van der Waals surface area (Å²) in [6.45, 7) is 6.53. The zero-order chi connectivity index (χ0) is 24.4. The average molecular weight is 381 g/mol. The van der Waals surface area contributed by atoms with E-state index in [1.165, 1.54) is 0 Å². The number of rotatable bonds is 2. The van der Waals surface area contributed by atoms with E-state index in [-0.39, 0.29) is 41.2 Å². The van der Waals surface area contributed by atoms with Gasteiger partial charge in [0.2, 0.25) is 0 Å². The van der Waals surface area contributed by atoms with Crippen molar-refractivity contribution in [3.05, 3.63) is 103 Å². The number of benzene rings is 4. The first-order valence-corrected chi connectivity index (χ1v) is 9.82. The molecule has 0 spiro atoms. The van der Waals surface area contributed by atoms with Crippen LogP contribution in [-0.4, -0.2) is 4.57 Å². The molecule has 5 rings (SSSR count). The van der Waals surface area contributed by atoms with Gasteiger partial charge in [-0.1, -0.05) is 106 Å². The maximum absolute atomic E-state index is 8.62. The van der Waals surface area contributed by atoms with Crippen molar-refractivity contribution in [2.24, 2.45) is 0 Å². The van der Waals surface area contributed by atoms with E-state index in [2.05, 4.69) is 49.6 Å². The molecule has 0 radical (unpaired) electrons. The standard InChI is InChI=1S/C28H25N/c1-28(2,3)24-17-8-10-19-26(24)29-25-18-9-7-14-22(25)23-16-11-15-21(27(23)29)20-12-5-4-6-13-20/h4-19H,1-3H3/i4D,5D,6D,12D,13D. The molecule has 4 aromatic carbocycles. The van der Waals surface area contributed by atoms with Crippen LogP contribution in [0.1, 0.15) is 33.2 Å². The van der Waals surface area contributed by atoms with Crippen LogP contribution in [-0.2, 0) is 5.41 Å². The van der Waals surface area contributed by atoms with Gasteiger partial charge in [0.1, 0.15) is 0 Å². The van der Waals surface area contributed by atoms with Gasteiger partial charge in [-0.3, -0.25) is 0 Å². The Morgan fingerprint density at radius 2 is 1.41 bits per heavy atom. The normalized spacial score (nSPS) is 14.4. The molecule has 5 aromatic rings. The van der Waals surface area contributed by atoms with Gasteiger partial charge in [0.05, 0.1) is 17.9 Å². The zero-order valence-electron chi connectivity index (χ0n) is 21.8. The first-order chi connectivity index (χ1) is 16.1. The highest BCUT2D eigenvalue weighted by molar-refractivity contribution is 6.13. The Kier molecular flexibility index (Phi) is 2.97. The Hall–Kier alpha value is -3.32. The van der Waals surface area contributed by atoms with Crippen LogP contribution >= 0.6 is 0 Å². The largest absolute Gasteiger partial charge is 0.308 e. The fraction of sp³-hybridized carbons (Fsp3) is 0.143.